The third kappa shape index (κ3) is 4.44. The monoisotopic (exact) mass is 686 g/mol. The predicted molar refractivity (Wildman–Crippen MR) is 195 cm³/mol. The molecule has 0 radical (unpaired) electrons. The molecule has 5 aromatic rings. The van der Waals surface area contributed by atoms with Gasteiger partial charge in [0.15, 0.2) is 10.9 Å². The van der Waals surface area contributed by atoms with E-state index in [9.17, 15) is 39.6 Å². The molecule has 0 amide bonds. The normalized spacial score (nSPS) is 11.7. The van der Waals surface area contributed by atoms with E-state index in [1.165, 1.54) is 60.7 Å². The van der Waals surface area contributed by atoms with Crippen LogP contribution in [0.15, 0.2) is 128 Å². The second-order valence-corrected chi connectivity index (χ2v) is 12.5. The summed E-state index contributed by atoms with van der Waals surface area (Å²) in [5.74, 6) is -2.77. The number of phenolic OH excluding ortho intramolecular Hbond substituents is 2. The third-order valence-corrected chi connectivity index (χ3v) is 9.51. The van der Waals surface area contributed by atoms with Crippen molar-refractivity contribution in [2.24, 2.45) is 0 Å². The van der Waals surface area contributed by atoms with Crippen LogP contribution in [-0.2, 0) is 0 Å². The standard InChI is InChI=1S/C42H22O10/c43-19-9-11-25-33(13-19)51-35-17-31(45)21-5-1-3-7-23(21)39(35)37(25)27-15-30(42(49)50)28(16-29(27)41(47)48)38-26-12-10-20(44)14-34(26)52-36-18-32(46)22-6-2-4-8-24(22)40(36)38/h1-18,45-46H,(H,47,48)(H,49,50). The van der Waals surface area contributed by atoms with Crippen LogP contribution in [0.4, 0.5) is 0 Å². The van der Waals surface area contributed by atoms with Gasteiger partial charge in [0.2, 0.25) is 0 Å². The first-order chi connectivity index (χ1) is 25.1. The van der Waals surface area contributed by atoms with Gasteiger partial charge < -0.3 is 29.3 Å². The van der Waals surface area contributed by atoms with Gasteiger partial charge in [-0.05, 0) is 58.3 Å². The van der Waals surface area contributed by atoms with Gasteiger partial charge in [0.05, 0.1) is 11.1 Å². The summed E-state index contributed by atoms with van der Waals surface area (Å²) in [6.45, 7) is 0. The molecule has 2 aliphatic heterocycles. The van der Waals surface area contributed by atoms with Crippen molar-refractivity contribution < 1.29 is 38.8 Å². The highest BCUT2D eigenvalue weighted by molar-refractivity contribution is 6.22. The van der Waals surface area contributed by atoms with Crippen LogP contribution in [0.5, 0.6) is 11.5 Å². The zero-order valence-corrected chi connectivity index (χ0v) is 26.6. The van der Waals surface area contributed by atoms with Crippen molar-refractivity contribution >= 4 is 55.4 Å². The fourth-order valence-electron chi connectivity index (χ4n) is 7.36. The Bertz CT molecular complexity index is 2890. The summed E-state index contributed by atoms with van der Waals surface area (Å²) in [5, 5.41) is 46.3. The van der Waals surface area contributed by atoms with E-state index in [2.05, 4.69) is 0 Å². The molecule has 0 aromatic heterocycles. The van der Waals surface area contributed by atoms with Gasteiger partial charge in [0.1, 0.15) is 34.2 Å². The number of hydrogen-bond acceptors (Lipinski definition) is 8. The maximum Gasteiger partial charge on any atom is 0.336 e. The summed E-state index contributed by atoms with van der Waals surface area (Å²) >= 11 is 0. The Morgan fingerprint density at radius 2 is 0.846 bits per heavy atom. The molecule has 0 unspecified atom stereocenters. The van der Waals surface area contributed by atoms with E-state index < -0.39 is 11.9 Å². The lowest BCUT2D eigenvalue weighted by molar-refractivity contribution is 0.0682. The number of carbonyl (C=O) groups is 2. The van der Waals surface area contributed by atoms with Crippen molar-refractivity contribution in [1.29, 1.82) is 0 Å². The van der Waals surface area contributed by atoms with E-state index in [4.69, 9.17) is 8.83 Å². The minimum atomic E-state index is -1.38. The van der Waals surface area contributed by atoms with Crippen LogP contribution in [0.2, 0.25) is 0 Å². The molecule has 0 fully saturated rings. The quantitative estimate of drug-likeness (QED) is 0.104. The van der Waals surface area contributed by atoms with E-state index in [1.807, 2.05) is 0 Å². The number of aromatic carboxylic acids is 2. The lowest BCUT2D eigenvalue weighted by Crippen LogP contribution is -2.09. The number of rotatable bonds is 4. The molecule has 0 saturated heterocycles. The van der Waals surface area contributed by atoms with E-state index in [1.54, 1.807) is 48.5 Å². The summed E-state index contributed by atoms with van der Waals surface area (Å²) in [6.07, 6.45) is 0. The van der Waals surface area contributed by atoms with Crippen LogP contribution in [-0.4, -0.2) is 32.4 Å². The van der Waals surface area contributed by atoms with Gasteiger partial charge in [-0.1, -0.05) is 48.5 Å². The molecular weight excluding hydrogens is 664 g/mol. The van der Waals surface area contributed by atoms with Crippen molar-refractivity contribution in [3.8, 4) is 56.4 Å². The van der Waals surface area contributed by atoms with Crippen LogP contribution in [0, 0.1) is 0 Å². The minimum Gasteiger partial charge on any atom is -0.507 e. The molecule has 4 aliphatic rings. The zero-order chi connectivity index (χ0) is 36.0. The Balaban J connectivity index is 1.49. The topological polar surface area (TPSA) is 175 Å². The van der Waals surface area contributed by atoms with Crippen molar-refractivity contribution in [3.63, 3.8) is 0 Å². The number of aromatic hydroxyl groups is 2. The van der Waals surface area contributed by atoms with E-state index >= 15 is 0 Å². The Morgan fingerprint density at radius 3 is 1.23 bits per heavy atom. The van der Waals surface area contributed by atoms with Crippen molar-refractivity contribution in [3.05, 3.63) is 141 Å². The smallest absolute Gasteiger partial charge is 0.336 e. The highest BCUT2D eigenvalue weighted by Gasteiger charge is 2.30. The first kappa shape index (κ1) is 30.6. The van der Waals surface area contributed by atoms with Gasteiger partial charge in [0, 0.05) is 68.1 Å². The molecule has 4 N–H and O–H groups in total. The molecule has 0 atom stereocenters. The molecule has 2 heterocycles. The fourth-order valence-corrected chi connectivity index (χ4v) is 7.36. The van der Waals surface area contributed by atoms with Crippen LogP contribution >= 0.6 is 0 Å². The minimum absolute atomic E-state index is 0.0209. The second-order valence-electron chi connectivity index (χ2n) is 12.5. The Labute approximate surface area is 291 Å². The maximum atomic E-state index is 13.4. The molecule has 0 saturated carbocycles. The average molecular weight is 687 g/mol. The van der Waals surface area contributed by atoms with Gasteiger partial charge in [-0.2, -0.15) is 0 Å². The van der Waals surface area contributed by atoms with Crippen molar-refractivity contribution in [1.82, 2.24) is 0 Å². The summed E-state index contributed by atoms with van der Waals surface area (Å²) in [5.41, 5.74) is 0.267. The van der Waals surface area contributed by atoms with Crippen LogP contribution < -0.4 is 10.9 Å². The molecular formula is C42H22O10. The van der Waals surface area contributed by atoms with Gasteiger partial charge in [-0.15, -0.1) is 0 Å². The molecule has 9 rings (SSSR count). The number of carboxylic acid groups (broad SMARTS) is 2. The molecule has 250 valence electrons. The Kier molecular flexibility index (Phi) is 6.48. The summed E-state index contributed by atoms with van der Waals surface area (Å²) in [7, 11) is 0. The molecule has 10 nitrogen and oxygen atoms in total. The van der Waals surface area contributed by atoms with E-state index in [0.717, 1.165) is 0 Å². The molecule has 52 heavy (non-hydrogen) atoms. The van der Waals surface area contributed by atoms with Crippen LogP contribution in [0.1, 0.15) is 20.7 Å². The molecule has 10 heteroatoms. The largest absolute Gasteiger partial charge is 0.507 e. The molecule has 2 aliphatic carbocycles. The SMILES string of the molecule is O=C(O)c1cc(-c2c3ccc(=O)cc-3oc3cc(O)c4ccccc4c23)c(C(=O)O)cc1-c1c2ccc(=O)cc-2oc2cc(O)c3ccccc3c12. The van der Waals surface area contributed by atoms with E-state index in [0.29, 0.717) is 43.4 Å². The number of benzene rings is 7. The first-order valence-electron chi connectivity index (χ1n) is 16.0. The Morgan fingerprint density at radius 1 is 0.462 bits per heavy atom. The molecule has 0 spiro atoms. The van der Waals surface area contributed by atoms with Crippen molar-refractivity contribution in [2.45, 2.75) is 0 Å². The number of fused-ring (bicyclic) bond motifs is 8. The molecule has 0 bridgehead atoms. The van der Waals surface area contributed by atoms with Crippen LogP contribution in [0.25, 0.3) is 88.4 Å². The Hall–Kier alpha value is -7.46. The van der Waals surface area contributed by atoms with Gasteiger partial charge >= 0.3 is 11.9 Å². The summed E-state index contributed by atoms with van der Waals surface area (Å²) in [6, 6.07) is 27.2. The van der Waals surface area contributed by atoms with E-state index in [-0.39, 0.29) is 78.4 Å². The molecule has 5 aromatic carbocycles. The number of hydrogen-bond donors (Lipinski definition) is 4. The number of carboxylic acids is 2. The van der Waals surface area contributed by atoms with Gasteiger partial charge in [0.25, 0.3) is 0 Å². The third-order valence-electron chi connectivity index (χ3n) is 9.51. The number of phenols is 2. The fraction of sp³-hybridized carbons (Fsp3) is 0. The summed E-state index contributed by atoms with van der Waals surface area (Å²) in [4.78, 5) is 51.7. The maximum absolute atomic E-state index is 13.4. The van der Waals surface area contributed by atoms with Gasteiger partial charge in [-0.3, -0.25) is 9.59 Å². The van der Waals surface area contributed by atoms with Crippen LogP contribution in [0.3, 0.4) is 0 Å². The average Bonchev–Trinajstić information content (AvgIpc) is 3.12. The lowest BCUT2D eigenvalue weighted by atomic mass is 9.83. The van der Waals surface area contributed by atoms with Gasteiger partial charge in [-0.25, -0.2) is 9.59 Å². The highest BCUT2D eigenvalue weighted by Crippen LogP contribution is 2.50. The highest BCUT2D eigenvalue weighted by atomic mass is 16.4. The lowest BCUT2D eigenvalue weighted by Gasteiger charge is -2.22. The first-order valence-corrected chi connectivity index (χ1v) is 16.0. The summed E-state index contributed by atoms with van der Waals surface area (Å²) < 4.78 is 12.3. The second kappa shape index (κ2) is 11.0. The van der Waals surface area contributed by atoms with Crippen molar-refractivity contribution in [2.75, 3.05) is 0 Å². The zero-order valence-electron chi connectivity index (χ0n) is 26.6. The predicted octanol–water partition coefficient (Wildman–Crippen LogP) is 8.56.